The maximum Gasteiger partial charge on any atom is 0.345 e. The summed E-state index contributed by atoms with van der Waals surface area (Å²) >= 11 is 5.70. The van der Waals surface area contributed by atoms with Crippen LogP contribution >= 0.6 is 11.6 Å². The second-order valence-corrected chi connectivity index (χ2v) is 6.20. The minimum Gasteiger partial charge on any atom is -0.462 e. The minimum absolute atomic E-state index is 0.0864. The molecular formula is C18H17ClN2O7. The van der Waals surface area contributed by atoms with Crippen molar-refractivity contribution in [2.75, 3.05) is 13.2 Å². The summed E-state index contributed by atoms with van der Waals surface area (Å²) in [5, 5.41) is 11.1. The highest BCUT2D eigenvalue weighted by atomic mass is 35.5. The molecule has 1 heterocycles. The van der Waals surface area contributed by atoms with Crippen molar-refractivity contribution < 1.29 is 28.8 Å². The van der Waals surface area contributed by atoms with Gasteiger partial charge in [-0.15, -0.1) is 0 Å². The number of nitro benzene ring substituents is 1. The summed E-state index contributed by atoms with van der Waals surface area (Å²) in [6, 6.07) is 3.47. The predicted molar refractivity (Wildman–Crippen MR) is 98.9 cm³/mol. The van der Waals surface area contributed by atoms with Gasteiger partial charge < -0.3 is 14.5 Å². The Labute approximate surface area is 164 Å². The SMILES string of the molecule is CCOC(=O)c1c(C)[nH]c(C(=O)COC(=O)c2ccc(Cl)cc2[N+](=O)[O-])c1C. The van der Waals surface area contributed by atoms with Crippen LogP contribution in [0.1, 0.15) is 49.4 Å². The maximum absolute atomic E-state index is 12.4. The number of H-pyrrole nitrogens is 1. The van der Waals surface area contributed by atoms with Crippen molar-refractivity contribution in [1.82, 2.24) is 4.98 Å². The first-order valence-corrected chi connectivity index (χ1v) is 8.55. The summed E-state index contributed by atoms with van der Waals surface area (Å²) in [5.41, 5.74) is 0.299. The standard InChI is InChI=1S/C18H17ClN2O7/c1-4-27-18(24)15-9(2)16(20-10(15)3)14(22)8-28-17(23)12-6-5-11(19)7-13(12)21(25)26/h5-7,20H,4,8H2,1-3H3. The summed E-state index contributed by atoms with van der Waals surface area (Å²) < 4.78 is 9.87. The van der Waals surface area contributed by atoms with E-state index in [1.54, 1.807) is 20.8 Å². The van der Waals surface area contributed by atoms with Gasteiger partial charge in [0.1, 0.15) is 5.56 Å². The molecule has 148 valence electrons. The number of aromatic nitrogens is 1. The summed E-state index contributed by atoms with van der Waals surface area (Å²) in [7, 11) is 0. The van der Waals surface area contributed by atoms with Gasteiger partial charge in [-0.1, -0.05) is 11.6 Å². The van der Waals surface area contributed by atoms with Crippen LogP contribution in [0.15, 0.2) is 18.2 Å². The van der Waals surface area contributed by atoms with Crippen molar-refractivity contribution in [3.05, 3.63) is 61.4 Å². The second kappa shape index (κ2) is 8.66. The van der Waals surface area contributed by atoms with E-state index in [1.165, 1.54) is 6.07 Å². The molecule has 0 aliphatic rings. The molecular weight excluding hydrogens is 392 g/mol. The third kappa shape index (κ3) is 4.37. The highest BCUT2D eigenvalue weighted by molar-refractivity contribution is 6.31. The van der Waals surface area contributed by atoms with Gasteiger partial charge in [0.2, 0.25) is 5.78 Å². The number of aryl methyl sites for hydroxylation is 1. The molecule has 0 amide bonds. The summed E-state index contributed by atoms with van der Waals surface area (Å²) in [6.45, 7) is 4.36. The number of carbonyl (C=O) groups is 3. The van der Waals surface area contributed by atoms with Gasteiger partial charge >= 0.3 is 11.9 Å². The topological polar surface area (TPSA) is 129 Å². The molecule has 2 rings (SSSR count). The zero-order valence-electron chi connectivity index (χ0n) is 15.3. The number of benzene rings is 1. The van der Waals surface area contributed by atoms with E-state index in [9.17, 15) is 24.5 Å². The van der Waals surface area contributed by atoms with Crippen LogP contribution in [0, 0.1) is 24.0 Å². The number of carbonyl (C=O) groups excluding carboxylic acids is 3. The number of aromatic amines is 1. The molecule has 0 bridgehead atoms. The first kappa shape index (κ1) is 21.1. The Morgan fingerprint density at radius 2 is 1.86 bits per heavy atom. The van der Waals surface area contributed by atoms with Gasteiger partial charge in [-0.25, -0.2) is 9.59 Å². The van der Waals surface area contributed by atoms with Gasteiger partial charge in [0.25, 0.3) is 5.69 Å². The Hall–Kier alpha value is -3.20. The number of esters is 2. The number of hydrogen-bond donors (Lipinski definition) is 1. The lowest BCUT2D eigenvalue weighted by atomic mass is 10.1. The lowest BCUT2D eigenvalue weighted by Crippen LogP contribution is -2.16. The Kier molecular flexibility index (Phi) is 6.53. The summed E-state index contributed by atoms with van der Waals surface area (Å²) in [6.07, 6.45) is 0. The van der Waals surface area contributed by atoms with Crippen LogP contribution in [0.5, 0.6) is 0 Å². The van der Waals surface area contributed by atoms with Crippen molar-refractivity contribution in [1.29, 1.82) is 0 Å². The number of ketones is 1. The highest BCUT2D eigenvalue weighted by Gasteiger charge is 2.25. The molecule has 1 N–H and O–H groups in total. The van der Waals surface area contributed by atoms with Crippen LogP contribution in [0.2, 0.25) is 5.02 Å². The summed E-state index contributed by atoms with van der Waals surface area (Å²) in [4.78, 5) is 49.6. The van der Waals surface area contributed by atoms with E-state index in [2.05, 4.69) is 4.98 Å². The number of nitrogens with one attached hydrogen (secondary N) is 1. The average Bonchev–Trinajstić information content (AvgIpc) is 2.93. The normalized spacial score (nSPS) is 10.4. The Balaban J connectivity index is 2.17. The van der Waals surface area contributed by atoms with Crippen LogP contribution in [-0.4, -0.2) is 40.8 Å². The zero-order valence-corrected chi connectivity index (χ0v) is 16.1. The first-order chi connectivity index (χ1) is 13.2. The number of halogens is 1. The molecule has 0 fully saturated rings. The van der Waals surface area contributed by atoms with E-state index >= 15 is 0 Å². The third-order valence-corrected chi connectivity index (χ3v) is 4.14. The summed E-state index contributed by atoms with van der Waals surface area (Å²) in [5.74, 6) is -2.20. The fraction of sp³-hybridized carbons (Fsp3) is 0.278. The fourth-order valence-corrected chi connectivity index (χ4v) is 2.81. The van der Waals surface area contributed by atoms with E-state index in [0.29, 0.717) is 11.3 Å². The van der Waals surface area contributed by atoms with Crippen LogP contribution < -0.4 is 0 Å². The van der Waals surface area contributed by atoms with Crippen molar-refractivity contribution in [2.45, 2.75) is 20.8 Å². The van der Waals surface area contributed by atoms with Gasteiger partial charge in [0.15, 0.2) is 6.61 Å². The maximum atomic E-state index is 12.4. The Morgan fingerprint density at radius 3 is 2.46 bits per heavy atom. The van der Waals surface area contributed by atoms with Gasteiger partial charge in [-0.2, -0.15) is 0 Å². The lowest BCUT2D eigenvalue weighted by molar-refractivity contribution is -0.385. The molecule has 10 heteroatoms. The smallest absolute Gasteiger partial charge is 0.345 e. The fourth-order valence-electron chi connectivity index (χ4n) is 2.65. The number of rotatable bonds is 7. The van der Waals surface area contributed by atoms with Crippen molar-refractivity contribution in [2.24, 2.45) is 0 Å². The Bertz CT molecular complexity index is 965. The van der Waals surface area contributed by atoms with E-state index in [4.69, 9.17) is 21.1 Å². The number of Topliss-reactive ketones (excluding diaryl/α,β-unsaturated/α-hetero) is 1. The molecule has 0 saturated carbocycles. The highest BCUT2D eigenvalue weighted by Crippen LogP contribution is 2.24. The molecule has 0 aliphatic heterocycles. The van der Waals surface area contributed by atoms with Gasteiger partial charge in [-0.05, 0) is 38.5 Å². The minimum atomic E-state index is -1.04. The zero-order chi connectivity index (χ0) is 21.0. The first-order valence-electron chi connectivity index (χ1n) is 8.17. The van der Waals surface area contributed by atoms with Gasteiger partial charge in [-0.3, -0.25) is 14.9 Å². The van der Waals surface area contributed by atoms with Gasteiger partial charge in [0.05, 0.1) is 22.8 Å². The van der Waals surface area contributed by atoms with Crippen molar-refractivity contribution in [3.8, 4) is 0 Å². The second-order valence-electron chi connectivity index (χ2n) is 5.76. The van der Waals surface area contributed by atoms with Crippen LogP contribution in [0.4, 0.5) is 5.69 Å². The predicted octanol–water partition coefficient (Wildman–Crippen LogP) is 3.41. The van der Waals surface area contributed by atoms with Crippen LogP contribution in [0.25, 0.3) is 0 Å². The van der Waals surface area contributed by atoms with Crippen molar-refractivity contribution >= 4 is 35.0 Å². The molecule has 0 unspecified atom stereocenters. The van der Waals surface area contributed by atoms with Crippen LogP contribution in [0.3, 0.4) is 0 Å². The average molecular weight is 409 g/mol. The largest absolute Gasteiger partial charge is 0.462 e. The van der Waals surface area contributed by atoms with E-state index < -0.39 is 34.9 Å². The Morgan fingerprint density at radius 1 is 1.18 bits per heavy atom. The molecule has 0 atom stereocenters. The molecule has 0 saturated heterocycles. The van der Waals surface area contributed by atoms with Crippen LogP contribution in [-0.2, 0) is 9.47 Å². The number of nitro groups is 1. The molecule has 2 aromatic rings. The molecule has 0 radical (unpaired) electrons. The van der Waals surface area contributed by atoms with Crippen molar-refractivity contribution in [3.63, 3.8) is 0 Å². The quantitative estimate of drug-likeness (QED) is 0.321. The van der Waals surface area contributed by atoms with E-state index in [1.807, 2.05) is 0 Å². The molecule has 0 spiro atoms. The molecule has 1 aromatic heterocycles. The number of hydrogen-bond acceptors (Lipinski definition) is 7. The van der Waals surface area contributed by atoms with E-state index in [0.717, 1.165) is 12.1 Å². The number of ether oxygens (including phenoxy) is 2. The van der Waals surface area contributed by atoms with E-state index in [-0.39, 0.29) is 28.5 Å². The lowest BCUT2D eigenvalue weighted by Gasteiger charge is -2.06. The van der Waals surface area contributed by atoms with Gasteiger partial charge in [0, 0.05) is 16.8 Å². The monoisotopic (exact) mass is 408 g/mol. The molecule has 1 aromatic carbocycles. The molecule has 9 nitrogen and oxygen atoms in total. The third-order valence-electron chi connectivity index (χ3n) is 3.91. The molecule has 28 heavy (non-hydrogen) atoms. The molecule has 0 aliphatic carbocycles. The number of nitrogens with zero attached hydrogens (tertiary/aromatic N) is 1.